The number of benzene rings is 2. The molecule has 0 spiro atoms. The van der Waals surface area contributed by atoms with Crippen LogP contribution in [0.5, 0.6) is 0 Å². The third-order valence-corrected chi connectivity index (χ3v) is 3.86. The second-order valence-corrected chi connectivity index (χ2v) is 5.48. The molecule has 3 rings (SSSR count). The standard InChI is InChI=1S/C19H14FNO4/c1-25-17(22)9-5-12-4-8-16-15(10-12)18(23)19(24)21(16)11-13-2-6-14(20)7-3-13/h2-10H,11H2,1H3/b9-5+. The van der Waals surface area contributed by atoms with Gasteiger partial charge >= 0.3 is 5.97 Å². The molecule has 0 radical (unpaired) electrons. The van der Waals surface area contributed by atoms with Crippen LogP contribution in [0.25, 0.3) is 6.08 Å². The van der Waals surface area contributed by atoms with Crippen molar-refractivity contribution in [3.8, 4) is 0 Å². The number of anilines is 1. The summed E-state index contributed by atoms with van der Waals surface area (Å²) >= 11 is 0. The number of methoxy groups -OCH3 is 1. The largest absolute Gasteiger partial charge is 0.466 e. The molecule has 5 nitrogen and oxygen atoms in total. The van der Waals surface area contributed by atoms with Gasteiger partial charge in [-0.05, 0) is 41.5 Å². The summed E-state index contributed by atoms with van der Waals surface area (Å²) in [5.41, 5.74) is 2.09. The number of carbonyl (C=O) groups excluding carboxylic acids is 3. The van der Waals surface area contributed by atoms with Crippen LogP contribution in [0.4, 0.5) is 10.1 Å². The van der Waals surface area contributed by atoms with Gasteiger partial charge in [0.25, 0.3) is 11.7 Å². The van der Waals surface area contributed by atoms with E-state index in [1.54, 1.807) is 30.3 Å². The van der Waals surface area contributed by atoms with E-state index < -0.39 is 17.7 Å². The topological polar surface area (TPSA) is 63.7 Å². The first kappa shape index (κ1) is 16.6. The quantitative estimate of drug-likeness (QED) is 0.488. The normalized spacial score (nSPS) is 13.4. The van der Waals surface area contributed by atoms with Crippen LogP contribution >= 0.6 is 0 Å². The van der Waals surface area contributed by atoms with Gasteiger partial charge in [-0.15, -0.1) is 0 Å². The number of halogens is 1. The number of rotatable bonds is 4. The lowest BCUT2D eigenvalue weighted by atomic mass is 10.1. The van der Waals surface area contributed by atoms with Crippen molar-refractivity contribution in [1.29, 1.82) is 0 Å². The van der Waals surface area contributed by atoms with Gasteiger partial charge in [-0.3, -0.25) is 9.59 Å². The Kier molecular flexibility index (Phi) is 4.43. The van der Waals surface area contributed by atoms with Crippen LogP contribution in [0.1, 0.15) is 21.5 Å². The molecule has 0 atom stereocenters. The van der Waals surface area contributed by atoms with E-state index in [0.717, 1.165) is 0 Å². The summed E-state index contributed by atoms with van der Waals surface area (Å²) in [6.45, 7) is 0.176. The minimum absolute atomic E-state index is 0.176. The van der Waals surface area contributed by atoms with Crippen molar-refractivity contribution < 1.29 is 23.5 Å². The number of ketones is 1. The molecule has 2 aromatic rings. The Bertz CT molecular complexity index is 887. The van der Waals surface area contributed by atoms with E-state index in [4.69, 9.17) is 0 Å². The molecule has 25 heavy (non-hydrogen) atoms. The lowest BCUT2D eigenvalue weighted by Crippen LogP contribution is -2.29. The predicted octanol–water partition coefficient (Wildman–Crippen LogP) is 2.74. The minimum Gasteiger partial charge on any atom is -0.466 e. The van der Waals surface area contributed by atoms with Crippen molar-refractivity contribution in [3.63, 3.8) is 0 Å². The number of Topliss-reactive ketones (excluding diaryl/α,β-unsaturated/α-hetero) is 1. The zero-order chi connectivity index (χ0) is 18.0. The van der Waals surface area contributed by atoms with Crippen LogP contribution in [-0.4, -0.2) is 24.8 Å². The Balaban J connectivity index is 1.89. The van der Waals surface area contributed by atoms with Crippen LogP contribution in [0.2, 0.25) is 0 Å². The Hall–Kier alpha value is -3.28. The molecular formula is C19H14FNO4. The summed E-state index contributed by atoms with van der Waals surface area (Å²) < 4.78 is 17.5. The van der Waals surface area contributed by atoms with Gasteiger partial charge in [-0.1, -0.05) is 18.2 Å². The molecule has 6 heteroatoms. The summed E-state index contributed by atoms with van der Waals surface area (Å²) in [6, 6.07) is 10.6. The van der Waals surface area contributed by atoms with Crippen molar-refractivity contribution in [2.45, 2.75) is 6.54 Å². The molecule has 0 aromatic heterocycles. The molecule has 0 aliphatic carbocycles. The molecule has 2 aromatic carbocycles. The van der Waals surface area contributed by atoms with Crippen LogP contribution in [0, 0.1) is 5.82 Å². The van der Waals surface area contributed by atoms with E-state index in [0.29, 0.717) is 16.8 Å². The van der Waals surface area contributed by atoms with Crippen LogP contribution in [0.3, 0.4) is 0 Å². The molecular weight excluding hydrogens is 325 g/mol. The second-order valence-electron chi connectivity index (χ2n) is 5.48. The summed E-state index contributed by atoms with van der Waals surface area (Å²) in [7, 11) is 1.27. The summed E-state index contributed by atoms with van der Waals surface area (Å²) in [5, 5.41) is 0. The molecule has 0 bridgehead atoms. The van der Waals surface area contributed by atoms with E-state index in [2.05, 4.69) is 4.74 Å². The molecule has 0 saturated heterocycles. The van der Waals surface area contributed by atoms with Gasteiger partial charge in [-0.2, -0.15) is 0 Å². The van der Waals surface area contributed by atoms with E-state index in [1.807, 2.05) is 0 Å². The number of carbonyl (C=O) groups is 3. The first-order valence-electron chi connectivity index (χ1n) is 7.50. The third kappa shape index (κ3) is 3.33. The predicted molar refractivity (Wildman–Crippen MR) is 89.4 cm³/mol. The SMILES string of the molecule is COC(=O)/C=C/c1ccc2c(c1)C(=O)C(=O)N2Cc1ccc(F)cc1. The van der Waals surface area contributed by atoms with Crippen molar-refractivity contribution >= 4 is 29.4 Å². The van der Waals surface area contributed by atoms with Gasteiger partial charge in [0, 0.05) is 6.08 Å². The lowest BCUT2D eigenvalue weighted by molar-refractivity contribution is -0.134. The Labute approximate surface area is 143 Å². The maximum Gasteiger partial charge on any atom is 0.330 e. The zero-order valence-corrected chi connectivity index (χ0v) is 13.4. The number of amides is 1. The van der Waals surface area contributed by atoms with Gasteiger partial charge in [-0.25, -0.2) is 9.18 Å². The molecule has 0 N–H and O–H groups in total. The number of hydrogen-bond donors (Lipinski definition) is 0. The zero-order valence-electron chi connectivity index (χ0n) is 13.4. The second kappa shape index (κ2) is 6.68. The molecule has 0 saturated carbocycles. The Morgan fingerprint density at radius 2 is 1.88 bits per heavy atom. The fraction of sp³-hybridized carbons (Fsp3) is 0.105. The summed E-state index contributed by atoms with van der Waals surface area (Å²) in [4.78, 5) is 37.0. The molecule has 0 fully saturated rings. The maximum atomic E-state index is 13.0. The van der Waals surface area contributed by atoms with Crippen LogP contribution in [-0.2, 0) is 20.9 Å². The van der Waals surface area contributed by atoms with Gasteiger partial charge in [0.1, 0.15) is 5.82 Å². The average molecular weight is 339 g/mol. The fourth-order valence-electron chi connectivity index (χ4n) is 2.58. The third-order valence-electron chi connectivity index (χ3n) is 3.86. The van der Waals surface area contributed by atoms with Gasteiger partial charge in [0.15, 0.2) is 0 Å². The smallest absolute Gasteiger partial charge is 0.330 e. The van der Waals surface area contributed by atoms with Crippen molar-refractivity contribution in [2.24, 2.45) is 0 Å². The average Bonchev–Trinajstić information content (AvgIpc) is 2.86. The first-order valence-corrected chi connectivity index (χ1v) is 7.50. The summed E-state index contributed by atoms with van der Waals surface area (Å²) in [5.74, 6) is -2.12. The Morgan fingerprint density at radius 1 is 1.16 bits per heavy atom. The fourth-order valence-corrected chi connectivity index (χ4v) is 2.58. The molecule has 126 valence electrons. The number of fused-ring (bicyclic) bond motifs is 1. The highest BCUT2D eigenvalue weighted by Crippen LogP contribution is 2.31. The Morgan fingerprint density at radius 3 is 2.56 bits per heavy atom. The van der Waals surface area contributed by atoms with Gasteiger partial charge in [0.05, 0.1) is 24.9 Å². The van der Waals surface area contributed by atoms with Crippen molar-refractivity contribution in [3.05, 3.63) is 71.0 Å². The number of esters is 1. The van der Waals surface area contributed by atoms with E-state index >= 15 is 0 Å². The number of ether oxygens (including phenoxy) is 1. The number of hydrogen-bond acceptors (Lipinski definition) is 4. The van der Waals surface area contributed by atoms with E-state index in [-0.39, 0.29) is 17.9 Å². The molecule has 1 amide bonds. The van der Waals surface area contributed by atoms with Crippen LogP contribution < -0.4 is 4.90 Å². The molecule has 0 unspecified atom stereocenters. The van der Waals surface area contributed by atoms with Gasteiger partial charge in [0.2, 0.25) is 0 Å². The highest BCUT2D eigenvalue weighted by atomic mass is 19.1. The highest BCUT2D eigenvalue weighted by molar-refractivity contribution is 6.52. The van der Waals surface area contributed by atoms with Crippen molar-refractivity contribution in [2.75, 3.05) is 12.0 Å². The van der Waals surface area contributed by atoms with Gasteiger partial charge < -0.3 is 9.64 Å². The molecule has 1 heterocycles. The van der Waals surface area contributed by atoms with Crippen LogP contribution in [0.15, 0.2) is 48.5 Å². The van der Waals surface area contributed by atoms with E-state index in [9.17, 15) is 18.8 Å². The van der Waals surface area contributed by atoms with E-state index in [1.165, 1.54) is 36.3 Å². The molecule has 1 aliphatic heterocycles. The minimum atomic E-state index is -0.631. The first-order chi connectivity index (χ1) is 12.0. The monoisotopic (exact) mass is 339 g/mol. The number of nitrogens with zero attached hydrogens (tertiary/aromatic N) is 1. The summed E-state index contributed by atoms with van der Waals surface area (Å²) in [6.07, 6.45) is 2.74. The maximum absolute atomic E-state index is 13.0. The molecule has 1 aliphatic rings. The highest BCUT2D eigenvalue weighted by Gasteiger charge is 2.35. The lowest BCUT2D eigenvalue weighted by Gasteiger charge is -2.16. The van der Waals surface area contributed by atoms with Crippen molar-refractivity contribution in [1.82, 2.24) is 0 Å².